The summed E-state index contributed by atoms with van der Waals surface area (Å²) in [5.41, 5.74) is 11.9. The van der Waals surface area contributed by atoms with Crippen molar-refractivity contribution in [3.8, 4) is 11.8 Å². The summed E-state index contributed by atoms with van der Waals surface area (Å²) in [6, 6.07) is 5.38. The monoisotopic (exact) mass is 287 g/mol. The van der Waals surface area contributed by atoms with E-state index in [1.165, 1.54) is 0 Å². The van der Waals surface area contributed by atoms with Gasteiger partial charge < -0.3 is 16.8 Å². The first-order chi connectivity index (χ1) is 9.77. The van der Waals surface area contributed by atoms with Gasteiger partial charge in [0.15, 0.2) is 0 Å². The number of aryl methyl sites for hydroxylation is 1. The maximum absolute atomic E-state index is 12.2. The summed E-state index contributed by atoms with van der Waals surface area (Å²) in [4.78, 5) is 23.5. The molecule has 0 bridgehead atoms. The Kier molecular flexibility index (Phi) is 5.51. The molecule has 0 aliphatic carbocycles. The van der Waals surface area contributed by atoms with Crippen molar-refractivity contribution in [1.29, 1.82) is 0 Å². The lowest BCUT2D eigenvalue weighted by molar-refractivity contribution is -0.125. The van der Waals surface area contributed by atoms with Gasteiger partial charge in [-0.05, 0) is 38.5 Å². The molecule has 0 aliphatic heterocycles. The van der Waals surface area contributed by atoms with Gasteiger partial charge in [0.25, 0.3) is 5.91 Å². The largest absolute Gasteiger partial charge is 0.369 e. The number of rotatable bonds is 4. The van der Waals surface area contributed by atoms with Crippen LogP contribution in [0.15, 0.2) is 18.2 Å². The molecule has 0 saturated heterocycles. The molecular formula is C16H21N3O2. The summed E-state index contributed by atoms with van der Waals surface area (Å²) < 4.78 is 0. The molecule has 0 fully saturated rings. The molecule has 0 radical (unpaired) electrons. The molecule has 0 aliphatic rings. The first-order valence-corrected chi connectivity index (χ1v) is 6.65. The first kappa shape index (κ1) is 16.7. The highest BCUT2D eigenvalue weighted by Gasteiger charge is 2.25. The van der Waals surface area contributed by atoms with Gasteiger partial charge in [-0.15, -0.1) is 0 Å². The average molecular weight is 287 g/mol. The molecule has 0 aromatic heterocycles. The van der Waals surface area contributed by atoms with Crippen LogP contribution < -0.4 is 16.8 Å². The highest BCUT2D eigenvalue weighted by atomic mass is 16.2. The minimum absolute atomic E-state index is 0.165. The summed E-state index contributed by atoms with van der Waals surface area (Å²) in [6.07, 6.45) is 0. The standard InChI is InChI=1S/C16H21N3O2/c1-11-6-7-13(12(9-11)5-4-8-17)14(20)19-10-16(2,3)15(18)21/h6-7,9H,8,10,17H2,1-3H3,(H2,18,21)(H,19,20). The molecule has 5 nitrogen and oxygen atoms in total. The summed E-state index contributed by atoms with van der Waals surface area (Å²) in [6.45, 7) is 5.67. The molecule has 5 N–H and O–H groups in total. The van der Waals surface area contributed by atoms with Gasteiger partial charge in [0.2, 0.25) is 5.91 Å². The maximum Gasteiger partial charge on any atom is 0.252 e. The van der Waals surface area contributed by atoms with Crippen molar-refractivity contribution in [2.75, 3.05) is 13.1 Å². The molecule has 5 heteroatoms. The molecule has 1 aromatic carbocycles. The van der Waals surface area contributed by atoms with Crippen LogP contribution in [0.4, 0.5) is 0 Å². The van der Waals surface area contributed by atoms with Crippen molar-refractivity contribution in [2.45, 2.75) is 20.8 Å². The van der Waals surface area contributed by atoms with Gasteiger partial charge in [-0.25, -0.2) is 0 Å². The van der Waals surface area contributed by atoms with E-state index in [9.17, 15) is 9.59 Å². The first-order valence-electron chi connectivity index (χ1n) is 6.65. The number of nitrogens with two attached hydrogens (primary N) is 2. The van der Waals surface area contributed by atoms with Gasteiger partial charge in [0.1, 0.15) is 0 Å². The van der Waals surface area contributed by atoms with Crippen LogP contribution in [-0.4, -0.2) is 24.9 Å². The third kappa shape index (κ3) is 4.62. The van der Waals surface area contributed by atoms with Crippen molar-refractivity contribution < 1.29 is 9.59 Å². The van der Waals surface area contributed by atoms with E-state index in [4.69, 9.17) is 11.5 Å². The zero-order valence-corrected chi connectivity index (χ0v) is 12.6. The highest BCUT2D eigenvalue weighted by Crippen LogP contribution is 2.14. The Balaban J connectivity index is 2.95. The van der Waals surface area contributed by atoms with Gasteiger partial charge >= 0.3 is 0 Å². The van der Waals surface area contributed by atoms with Crippen LogP contribution in [-0.2, 0) is 4.79 Å². The summed E-state index contributed by atoms with van der Waals surface area (Å²) in [5, 5.41) is 2.72. The van der Waals surface area contributed by atoms with E-state index < -0.39 is 11.3 Å². The Morgan fingerprint density at radius 1 is 1.33 bits per heavy atom. The fourth-order valence-electron chi connectivity index (χ4n) is 1.59. The average Bonchev–Trinajstić information content (AvgIpc) is 2.42. The Morgan fingerprint density at radius 2 is 2.00 bits per heavy atom. The fraction of sp³-hybridized carbons (Fsp3) is 0.375. The third-order valence-corrected chi connectivity index (χ3v) is 3.10. The number of primary amides is 1. The van der Waals surface area contributed by atoms with Gasteiger partial charge in [0, 0.05) is 12.1 Å². The minimum Gasteiger partial charge on any atom is -0.369 e. The smallest absolute Gasteiger partial charge is 0.252 e. The number of amides is 2. The van der Waals surface area contributed by atoms with E-state index in [1.807, 2.05) is 19.1 Å². The third-order valence-electron chi connectivity index (χ3n) is 3.10. The van der Waals surface area contributed by atoms with E-state index in [-0.39, 0.29) is 19.0 Å². The molecule has 0 saturated carbocycles. The quantitative estimate of drug-likeness (QED) is 0.705. The predicted octanol–water partition coefficient (Wildman–Crippen LogP) is 0.547. The van der Waals surface area contributed by atoms with Crippen molar-refractivity contribution >= 4 is 11.8 Å². The number of hydrogen-bond donors (Lipinski definition) is 3. The van der Waals surface area contributed by atoms with Crippen LogP contribution in [0.25, 0.3) is 0 Å². The zero-order chi connectivity index (χ0) is 16.0. The minimum atomic E-state index is -0.802. The second kappa shape index (κ2) is 6.91. The van der Waals surface area contributed by atoms with E-state index in [0.717, 1.165) is 5.56 Å². The Labute approximate surface area is 125 Å². The van der Waals surface area contributed by atoms with Crippen molar-refractivity contribution in [3.63, 3.8) is 0 Å². The van der Waals surface area contributed by atoms with Crippen LogP contribution >= 0.6 is 0 Å². The number of carbonyl (C=O) groups excluding carboxylic acids is 2. The Bertz CT molecular complexity index is 610. The van der Waals surface area contributed by atoms with Crippen LogP contribution in [0.3, 0.4) is 0 Å². The lowest BCUT2D eigenvalue weighted by Crippen LogP contribution is -2.42. The zero-order valence-electron chi connectivity index (χ0n) is 12.6. The molecule has 1 rings (SSSR count). The summed E-state index contributed by atoms with van der Waals surface area (Å²) in [7, 11) is 0. The second-order valence-electron chi connectivity index (χ2n) is 5.49. The molecule has 0 heterocycles. The second-order valence-corrected chi connectivity index (χ2v) is 5.49. The highest BCUT2D eigenvalue weighted by molar-refractivity contribution is 5.97. The number of nitrogens with one attached hydrogen (secondary N) is 1. The summed E-state index contributed by atoms with van der Waals surface area (Å²) in [5.74, 6) is 4.88. The van der Waals surface area contributed by atoms with E-state index in [0.29, 0.717) is 11.1 Å². The lowest BCUT2D eigenvalue weighted by Gasteiger charge is -2.21. The van der Waals surface area contributed by atoms with Crippen LogP contribution in [0.2, 0.25) is 0 Å². The van der Waals surface area contributed by atoms with Crippen LogP contribution in [0, 0.1) is 24.2 Å². The van der Waals surface area contributed by atoms with Crippen LogP contribution in [0.5, 0.6) is 0 Å². The Hall–Kier alpha value is -2.32. The maximum atomic E-state index is 12.2. The predicted molar refractivity (Wildman–Crippen MR) is 82.4 cm³/mol. The summed E-state index contributed by atoms with van der Waals surface area (Å²) >= 11 is 0. The Morgan fingerprint density at radius 3 is 2.57 bits per heavy atom. The molecule has 21 heavy (non-hydrogen) atoms. The van der Waals surface area contributed by atoms with E-state index >= 15 is 0 Å². The molecule has 0 spiro atoms. The number of hydrogen-bond acceptors (Lipinski definition) is 3. The fourth-order valence-corrected chi connectivity index (χ4v) is 1.59. The van der Waals surface area contributed by atoms with Crippen molar-refractivity contribution in [1.82, 2.24) is 5.32 Å². The molecule has 2 amide bonds. The normalized spacial score (nSPS) is 10.5. The SMILES string of the molecule is Cc1ccc(C(=O)NCC(C)(C)C(N)=O)c(C#CCN)c1. The van der Waals surface area contributed by atoms with Gasteiger partial charge in [-0.1, -0.05) is 17.9 Å². The lowest BCUT2D eigenvalue weighted by atomic mass is 9.92. The van der Waals surface area contributed by atoms with Crippen molar-refractivity contribution in [3.05, 3.63) is 34.9 Å². The van der Waals surface area contributed by atoms with E-state index in [2.05, 4.69) is 17.2 Å². The van der Waals surface area contributed by atoms with Crippen LogP contribution in [0.1, 0.15) is 35.3 Å². The molecule has 1 aromatic rings. The number of benzene rings is 1. The topological polar surface area (TPSA) is 98.2 Å². The van der Waals surface area contributed by atoms with Gasteiger partial charge in [-0.2, -0.15) is 0 Å². The van der Waals surface area contributed by atoms with Crippen molar-refractivity contribution in [2.24, 2.45) is 16.9 Å². The van der Waals surface area contributed by atoms with Gasteiger partial charge in [-0.3, -0.25) is 9.59 Å². The molecule has 112 valence electrons. The van der Waals surface area contributed by atoms with Gasteiger partial charge in [0.05, 0.1) is 17.5 Å². The molecular weight excluding hydrogens is 266 g/mol. The number of carbonyl (C=O) groups is 2. The molecule has 0 atom stereocenters. The molecule has 0 unspecified atom stereocenters. The van der Waals surface area contributed by atoms with E-state index in [1.54, 1.807) is 19.9 Å².